The zero-order chi connectivity index (χ0) is 24.2. The lowest BCUT2D eigenvalue weighted by atomic mass is 10.2. The number of amides is 1. The maximum Gasteiger partial charge on any atom is 0.264 e. The van der Waals surface area contributed by atoms with Crippen molar-refractivity contribution in [2.24, 2.45) is 0 Å². The van der Waals surface area contributed by atoms with Crippen molar-refractivity contribution in [1.82, 2.24) is 0 Å². The third-order valence-corrected chi connectivity index (χ3v) is 7.77. The van der Waals surface area contributed by atoms with Crippen LogP contribution in [0.15, 0.2) is 70.5 Å². The molecule has 33 heavy (non-hydrogen) atoms. The van der Waals surface area contributed by atoms with E-state index in [1.807, 2.05) is 6.26 Å². The van der Waals surface area contributed by atoms with Gasteiger partial charge in [0.1, 0.15) is 11.5 Å². The van der Waals surface area contributed by atoms with Gasteiger partial charge < -0.3 is 14.8 Å². The van der Waals surface area contributed by atoms with Crippen LogP contribution < -0.4 is 19.1 Å². The molecule has 1 N–H and O–H groups in total. The minimum atomic E-state index is -3.74. The van der Waals surface area contributed by atoms with Crippen molar-refractivity contribution in [2.45, 2.75) is 9.79 Å². The van der Waals surface area contributed by atoms with Crippen LogP contribution in [0.4, 0.5) is 11.4 Å². The number of benzene rings is 3. The number of hydrogen-bond donors (Lipinski definition) is 1. The van der Waals surface area contributed by atoms with E-state index in [2.05, 4.69) is 5.32 Å². The number of carbonyl (C=O) groups excluding carboxylic acids is 1. The Labute approximate surface area is 202 Å². The number of thioether (sulfide) groups is 1. The topological polar surface area (TPSA) is 84.9 Å². The van der Waals surface area contributed by atoms with E-state index in [-0.39, 0.29) is 4.90 Å². The van der Waals surface area contributed by atoms with Crippen LogP contribution in [0.25, 0.3) is 0 Å². The summed E-state index contributed by atoms with van der Waals surface area (Å²) in [7, 11) is 0.669. The number of anilines is 2. The number of carbonyl (C=O) groups is 1. The number of nitrogens with one attached hydrogen (secondary N) is 1. The van der Waals surface area contributed by atoms with Gasteiger partial charge in [0.05, 0.1) is 35.5 Å². The van der Waals surface area contributed by atoms with Gasteiger partial charge in [0.25, 0.3) is 15.9 Å². The maximum absolute atomic E-state index is 13.0. The third-order valence-electron chi connectivity index (χ3n) is 4.93. The first-order chi connectivity index (χ1) is 15.7. The quantitative estimate of drug-likeness (QED) is 0.425. The highest BCUT2D eigenvalue weighted by Crippen LogP contribution is 2.36. The Kier molecular flexibility index (Phi) is 7.78. The van der Waals surface area contributed by atoms with Crippen molar-refractivity contribution in [1.29, 1.82) is 0 Å². The van der Waals surface area contributed by atoms with Gasteiger partial charge in [0.2, 0.25) is 0 Å². The van der Waals surface area contributed by atoms with Crippen LogP contribution in [0.5, 0.6) is 11.5 Å². The molecule has 0 heterocycles. The molecule has 0 radical (unpaired) electrons. The molecule has 3 rings (SSSR count). The van der Waals surface area contributed by atoms with Crippen LogP contribution in [0.2, 0.25) is 5.02 Å². The van der Waals surface area contributed by atoms with Gasteiger partial charge in [-0.05, 0) is 54.8 Å². The van der Waals surface area contributed by atoms with E-state index >= 15 is 0 Å². The Hall–Kier alpha value is -2.88. The predicted molar refractivity (Wildman–Crippen MR) is 133 cm³/mol. The number of halogens is 1. The first-order valence-corrected chi connectivity index (χ1v) is 12.7. The molecule has 0 aromatic heterocycles. The monoisotopic (exact) mass is 506 g/mol. The van der Waals surface area contributed by atoms with E-state index in [9.17, 15) is 13.2 Å². The van der Waals surface area contributed by atoms with E-state index in [0.29, 0.717) is 33.5 Å². The molecule has 10 heteroatoms. The molecular formula is C23H23ClN2O5S2. The summed E-state index contributed by atoms with van der Waals surface area (Å²) in [5.41, 5.74) is 1.15. The third kappa shape index (κ3) is 5.38. The molecule has 0 aliphatic rings. The summed E-state index contributed by atoms with van der Waals surface area (Å²) in [4.78, 5) is 13.9. The molecule has 0 unspecified atom stereocenters. The number of ether oxygens (including phenoxy) is 2. The van der Waals surface area contributed by atoms with Crippen LogP contribution >= 0.6 is 23.4 Å². The Morgan fingerprint density at radius 3 is 2.12 bits per heavy atom. The summed E-state index contributed by atoms with van der Waals surface area (Å²) in [6, 6.07) is 16.0. The summed E-state index contributed by atoms with van der Waals surface area (Å²) in [6.45, 7) is 0. The van der Waals surface area contributed by atoms with Crippen molar-refractivity contribution in [3.63, 3.8) is 0 Å². The molecule has 0 saturated carbocycles. The zero-order valence-electron chi connectivity index (χ0n) is 18.5. The molecule has 3 aromatic carbocycles. The molecule has 0 bridgehead atoms. The van der Waals surface area contributed by atoms with Gasteiger partial charge in [-0.2, -0.15) is 0 Å². The average molecular weight is 507 g/mol. The molecule has 0 saturated heterocycles. The van der Waals surface area contributed by atoms with E-state index in [1.165, 1.54) is 37.3 Å². The van der Waals surface area contributed by atoms with Crippen molar-refractivity contribution >= 4 is 50.7 Å². The fraction of sp³-hybridized carbons (Fsp3) is 0.174. The molecule has 0 aliphatic carbocycles. The Morgan fingerprint density at radius 2 is 1.58 bits per heavy atom. The fourth-order valence-electron chi connectivity index (χ4n) is 3.02. The molecular weight excluding hydrogens is 484 g/mol. The van der Waals surface area contributed by atoms with Gasteiger partial charge in [-0.3, -0.25) is 9.10 Å². The van der Waals surface area contributed by atoms with Crippen LogP contribution in [-0.4, -0.2) is 41.8 Å². The average Bonchev–Trinajstić information content (AvgIpc) is 2.84. The normalized spacial score (nSPS) is 11.1. The van der Waals surface area contributed by atoms with Gasteiger partial charge >= 0.3 is 0 Å². The lowest BCUT2D eigenvalue weighted by molar-refractivity contribution is 0.102. The fourth-order valence-corrected chi connectivity index (χ4v) is 4.85. The highest BCUT2D eigenvalue weighted by molar-refractivity contribution is 7.98. The van der Waals surface area contributed by atoms with Gasteiger partial charge in [-0.25, -0.2) is 8.42 Å². The summed E-state index contributed by atoms with van der Waals surface area (Å²) >= 11 is 7.64. The molecule has 0 spiro atoms. The standard InChI is InChI=1S/C23H23ClN2O5S2/c1-26(33(28,29)18-11-9-17(32-4)10-12-18)16-7-5-15(6-8-16)23(27)25-20-14-21(30-2)19(24)13-22(20)31-3/h5-14H,1-4H3,(H,25,27). The number of sulfonamides is 1. The SMILES string of the molecule is COc1cc(NC(=O)c2ccc(N(C)S(=O)(=O)c3ccc(SC)cc3)cc2)c(OC)cc1Cl. The lowest BCUT2D eigenvalue weighted by Gasteiger charge is -2.20. The minimum Gasteiger partial charge on any atom is -0.495 e. The van der Waals surface area contributed by atoms with E-state index in [4.69, 9.17) is 21.1 Å². The Morgan fingerprint density at radius 1 is 0.970 bits per heavy atom. The van der Waals surface area contributed by atoms with Crippen LogP contribution in [-0.2, 0) is 10.0 Å². The maximum atomic E-state index is 13.0. The van der Waals surface area contributed by atoms with Crippen molar-refractivity contribution in [2.75, 3.05) is 37.1 Å². The number of rotatable bonds is 8. The highest BCUT2D eigenvalue weighted by Gasteiger charge is 2.22. The van der Waals surface area contributed by atoms with Crippen LogP contribution in [0.1, 0.15) is 10.4 Å². The summed E-state index contributed by atoms with van der Waals surface area (Å²) in [6.07, 6.45) is 1.92. The second-order valence-corrected chi connectivity index (χ2v) is 10.1. The summed E-state index contributed by atoms with van der Waals surface area (Å²) < 4.78 is 37.6. The minimum absolute atomic E-state index is 0.188. The summed E-state index contributed by atoms with van der Waals surface area (Å²) in [5.74, 6) is 0.368. The van der Waals surface area contributed by atoms with Crippen molar-refractivity contribution in [3.8, 4) is 11.5 Å². The highest BCUT2D eigenvalue weighted by atomic mass is 35.5. The summed E-state index contributed by atoms with van der Waals surface area (Å²) in [5, 5.41) is 3.11. The molecule has 7 nitrogen and oxygen atoms in total. The van der Waals surface area contributed by atoms with Gasteiger partial charge in [0, 0.05) is 29.6 Å². The Balaban J connectivity index is 1.80. The first kappa shape index (κ1) is 24.8. The molecule has 0 fully saturated rings. The van der Waals surface area contributed by atoms with Crippen LogP contribution in [0, 0.1) is 0 Å². The predicted octanol–water partition coefficient (Wildman–Crippen LogP) is 5.16. The zero-order valence-corrected chi connectivity index (χ0v) is 20.8. The molecule has 0 aliphatic heterocycles. The number of hydrogen-bond acceptors (Lipinski definition) is 6. The van der Waals surface area contributed by atoms with Crippen molar-refractivity contribution in [3.05, 3.63) is 71.2 Å². The molecule has 174 valence electrons. The largest absolute Gasteiger partial charge is 0.495 e. The van der Waals surface area contributed by atoms with Crippen LogP contribution in [0.3, 0.4) is 0 Å². The number of nitrogens with zero attached hydrogens (tertiary/aromatic N) is 1. The lowest BCUT2D eigenvalue weighted by Crippen LogP contribution is -2.26. The van der Waals surface area contributed by atoms with E-state index in [0.717, 1.165) is 4.90 Å². The van der Waals surface area contributed by atoms with E-state index < -0.39 is 15.9 Å². The number of methoxy groups -OCH3 is 2. The van der Waals surface area contributed by atoms with Crippen molar-refractivity contribution < 1.29 is 22.7 Å². The second-order valence-electron chi connectivity index (χ2n) is 6.84. The van der Waals surface area contributed by atoms with Gasteiger partial charge in [-0.15, -0.1) is 11.8 Å². The first-order valence-electron chi connectivity index (χ1n) is 9.67. The molecule has 3 aromatic rings. The van der Waals surface area contributed by atoms with E-state index in [1.54, 1.807) is 60.7 Å². The van der Waals surface area contributed by atoms with Gasteiger partial charge in [-0.1, -0.05) is 11.6 Å². The Bertz CT molecular complexity index is 1250. The molecule has 1 amide bonds. The second kappa shape index (κ2) is 10.4. The smallest absolute Gasteiger partial charge is 0.264 e. The molecule has 0 atom stereocenters. The van der Waals surface area contributed by atoms with Gasteiger partial charge in [0.15, 0.2) is 0 Å².